The maximum absolute atomic E-state index is 11.7. The number of nitrogens with zero attached hydrogens (tertiary/aromatic N) is 2. The minimum absolute atomic E-state index is 0.114. The Bertz CT molecular complexity index is 710. The van der Waals surface area contributed by atoms with Gasteiger partial charge in [0, 0.05) is 25.9 Å². The lowest BCUT2D eigenvalue weighted by molar-refractivity contribution is -0.127. The molecule has 8 nitrogen and oxygen atoms in total. The molecule has 0 saturated carbocycles. The number of aromatic nitrogens is 2. The highest BCUT2D eigenvalue weighted by Crippen LogP contribution is 2.08. The van der Waals surface area contributed by atoms with Crippen molar-refractivity contribution in [2.75, 3.05) is 19.6 Å². The summed E-state index contributed by atoms with van der Waals surface area (Å²) in [7, 11) is 0. The molecular formula is C17H21N5O3. The third-order valence-corrected chi connectivity index (χ3v) is 3.39. The summed E-state index contributed by atoms with van der Waals surface area (Å²) < 4.78 is 1.77. The Labute approximate surface area is 145 Å². The average molecular weight is 343 g/mol. The number of hydrogen-bond acceptors (Lipinski definition) is 4. The van der Waals surface area contributed by atoms with Gasteiger partial charge in [-0.2, -0.15) is 5.10 Å². The molecule has 3 amide bonds. The molecule has 2 aromatic rings. The van der Waals surface area contributed by atoms with Gasteiger partial charge >= 0.3 is 0 Å². The fraction of sp³-hybridized carbons (Fsp3) is 0.294. The number of benzene rings is 1. The van der Waals surface area contributed by atoms with Crippen molar-refractivity contribution >= 4 is 17.7 Å². The van der Waals surface area contributed by atoms with E-state index >= 15 is 0 Å². The van der Waals surface area contributed by atoms with E-state index < -0.39 is 5.91 Å². The van der Waals surface area contributed by atoms with Crippen LogP contribution in [0.4, 0.5) is 0 Å². The fourth-order valence-corrected chi connectivity index (χ4v) is 2.09. The lowest BCUT2D eigenvalue weighted by atomic mass is 10.1. The van der Waals surface area contributed by atoms with Crippen molar-refractivity contribution in [3.63, 3.8) is 0 Å². The van der Waals surface area contributed by atoms with Crippen molar-refractivity contribution in [2.24, 2.45) is 0 Å². The second-order valence-corrected chi connectivity index (χ2v) is 5.40. The Balaban J connectivity index is 1.65. The second-order valence-electron chi connectivity index (χ2n) is 5.40. The van der Waals surface area contributed by atoms with Crippen LogP contribution in [0.25, 0.3) is 5.69 Å². The molecule has 1 aromatic heterocycles. The molecular weight excluding hydrogens is 322 g/mol. The van der Waals surface area contributed by atoms with Gasteiger partial charge in [-0.1, -0.05) is 12.1 Å². The van der Waals surface area contributed by atoms with Crippen molar-refractivity contribution in [3.8, 4) is 5.69 Å². The van der Waals surface area contributed by atoms with E-state index in [1.54, 1.807) is 10.9 Å². The van der Waals surface area contributed by atoms with Crippen molar-refractivity contribution in [1.29, 1.82) is 0 Å². The summed E-state index contributed by atoms with van der Waals surface area (Å²) in [5, 5.41) is 11.7. The third-order valence-electron chi connectivity index (χ3n) is 3.39. The highest BCUT2D eigenvalue weighted by Gasteiger charge is 2.05. The predicted octanol–water partition coefficient (Wildman–Crippen LogP) is -0.217. The van der Waals surface area contributed by atoms with Gasteiger partial charge in [0.15, 0.2) is 0 Å². The summed E-state index contributed by atoms with van der Waals surface area (Å²) in [5.41, 5.74) is 2.06. The minimum Gasteiger partial charge on any atom is -0.354 e. The maximum atomic E-state index is 11.7. The number of rotatable bonds is 8. The van der Waals surface area contributed by atoms with Crippen LogP contribution in [0.2, 0.25) is 0 Å². The first kappa shape index (κ1) is 18.2. The molecule has 0 radical (unpaired) electrons. The highest BCUT2D eigenvalue weighted by atomic mass is 16.2. The molecule has 3 N–H and O–H groups in total. The molecule has 0 atom stereocenters. The highest BCUT2D eigenvalue weighted by molar-refractivity contribution is 5.87. The maximum Gasteiger partial charge on any atom is 0.239 e. The van der Waals surface area contributed by atoms with Crippen LogP contribution in [0.15, 0.2) is 42.7 Å². The Morgan fingerprint density at radius 1 is 1.00 bits per heavy atom. The number of carbonyl (C=O) groups excluding carboxylic acids is 3. The molecule has 0 aliphatic rings. The summed E-state index contributed by atoms with van der Waals surface area (Å²) >= 11 is 0. The van der Waals surface area contributed by atoms with Gasteiger partial charge in [0.1, 0.15) is 0 Å². The number of amides is 3. The van der Waals surface area contributed by atoms with E-state index in [9.17, 15) is 14.4 Å². The van der Waals surface area contributed by atoms with E-state index in [-0.39, 0.29) is 24.9 Å². The van der Waals surface area contributed by atoms with E-state index in [4.69, 9.17) is 0 Å². The van der Waals surface area contributed by atoms with E-state index in [2.05, 4.69) is 21.0 Å². The first-order valence-corrected chi connectivity index (χ1v) is 7.91. The van der Waals surface area contributed by atoms with Crippen LogP contribution in [0.5, 0.6) is 0 Å². The van der Waals surface area contributed by atoms with Crippen LogP contribution in [-0.4, -0.2) is 47.1 Å². The van der Waals surface area contributed by atoms with Gasteiger partial charge in [-0.25, -0.2) is 4.68 Å². The molecule has 0 spiro atoms. The molecule has 25 heavy (non-hydrogen) atoms. The van der Waals surface area contributed by atoms with Crippen LogP contribution in [0.1, 0.15) is 12.5 Å². The predicted molar refractivity (Wildman–Crippen MR) is 92.0 cm³/mol. The summed E-state index contributed by atoms with van der Waals surface area (Å²) in [5.74, 6) is -0.970. The molecule has 0 aliphatic heterocycles. The monoisotopic (exact) mass is 343 g/mol. The molecule has 0 unspecified atom stereocenters. The van der Waals surface area contributed by atoms with Crippen LogP contribution in [0, 0.1) is 0 Å². The van der Waals surface area contributed by atoms with Gasteiger partial charge in [-0.05, 0) is 30.2 Å². The zero-order valence-electron chi connectivity index (χ0n) is 14.0. The number of hydrogen-bond donors (Lipinski definition) is 3. The zero-order chi connectivity index (χ0) is 18.1. The van der Waals surface area contributed by atoms with Gasteiger partial charge in [0.2, 0.25) is 17.7 Å². The van der Waals surface area contributed by atoms with E-state index in [0.29, 0.717) is 13.0 Å². The van der Waals surface area contributed by atoms with Gasteiger partial charge < -0.3 is 16.0 Å². The Kier molecular flexibility index (Phi) is 6.70. The molecule has 1 aromatic carbocycles. The molecule has 0 bridgehead atoms. The van der Waals surface area contributed by atoms with Crippen molar-refractivity contribution < 1.29 is 14.4 Å². The van der Waals surface area contributed by atoms with Crippen LogP contribution in [0.3, 0.4) is 0 Å². The fourth-order valence-electron chi connectivity index (χ4n) is 2.09. The standard InChI is InChI=1S/C17H21N5O3/c1-13(23)19-11-17(25)20-12-16(24)18-9-7-14-3-5-15(6-4-14)22-10-2-8-21-22/h2-6,8,10H,7,9,11-12H2,1H3,(H,18,24)(H,19,23)(H,20,25). The minimum atomic E-state index is -0.403. The van der Waals surface area contributed by atoms with Crippen LogP contribution >= 0.6 is 0 Å². The molecule has 132 valence electrons. The lowest BCUT2D eigenvalue weighted by Gasteiger charge is -2.08. The van der Waals surface area contributed by atoms with Crippen molar-refractivity contribution in [1.82, 2.24) is 25.7 Å². The van der Waals surface area contributed by atoms with Crippen molar-refractivity contribution in [2.45, 2.75) is 13.3 Å². The summed E-state index contributed by atoms with van der Waals surface area (Å²) in [6.45, 7) is 1.55. The lowest BCUT2D eigenvalue weighted by Crippen LogP contribution is -2.41. The van der Waals surface area contributed by atoms with Gasteiger partial charge in [-0.3, -0.25) is 14.4 Å². The van der Waals surface area contributed by atoms with Gasteiger partial charge in [0.05, 0.1) is 18.8 Å². The topological polar surface area (TPSA) is 105 Å². The van der Waals surface area contributed by atoms with Crippen LogP contribution < -0.4 is 16.0 Å². The molecule has 0 saturated heterocycles. The Morgan fingerprint density at radius 3 is 2.32 bits per heavy atom. The summed E-state index contributed by atoms with van der Waals surface area (Å²) in [4.78, 5) is 33.7. The largest absolute Gasteiger partial charge is 0.354 e. The third kappa shape index (κ3) is 6.46. The van der Waals surface area contributed by atoms with Gasteiger partial charge in [0.25, 0.3) is 0 Å². The molecule has 1 heterocycles. The molecule has 0 fully saturated rings. The van der Waals surface area contributed by atoms with Crippen LogP contribution in [-0.2, 0) is 20.8 Å². The Hall–Kier alpha value is -3.16. The molecule has 8 heteroatoms. The quantitative estimate of drug-likeness (QED) is 0.616. The Morgan fingerprint density at radius 2 is 1.68 bits per heavy atom. The van der Waals surface area contributed by atoms with E-state index in [1.807, 2.05) is 36.5 Å². The smallest absolute Gasteiger partial charge is 0.239 e. The zero-order valence-corrected chi connectivity index (χ0v) is 14.0. The first-order valence-electron chi connectivity index (χ1n) is 7.91. The average Bonchev–Trinajstić information content (AvgIpc) is 3.13. The molecule has 0 aliphatic carbocycles. The molecule has 2 rings (SSSR count). The number of nitrogens with one attached hydrogen (secondary N) is 3. The first-order chi connectivity index (χ1) is 12.0. The number of carbonyl (C=O) groups is 3. The van der Waals surface area contributed by atoms with E-state index in [0.717, 1.165) is 11.3 Å². The summed E-state index contributed by atoms with van der Waals surface area (Å²) in [6, 6.07) is 9.76. The van der Waals surface area contributed by atoms with E-state index in [1.165, 1.54) is 6.92 Å². The van der Waals surface area contributed by atoms with Crippen molar-refractivity contribution in [3.05, 3.63) is 48.3 Å². The van der Waals surface area contributed by atoms with Gasteiger partial charge in [-0.15, -0.1) is 0 Å². The SMILES string of the molecule is CC(=O)NCC(=O)NCC(=O)NCCc1ccc(-n2cccn2)cc1. The second kappa shape index (κ2) is 9.21. The normalized spacial score (nSPS) is 10.1. The summed E-state index contributed by atoms with van der Waals surface area (Å²) in [6.07, 6.45) is 4.28.